The van der Waals surface area contributed by atoms with Crippen LogP contribution in [0.4, 0.5) is 0 Å². The summed E-state index contributed by atoms with van der Waals surface area (Å²) in [6.07, 6.45) is 3.07. The molecule has 29 heavy (non-hydrogen) atoms. The third-order valence-corrected chi connectivity index (χ3v) is 5.29. The van der Waals surface area contributed by atoms with Gasteiger partial charge in [0.1, 0.15) is 17.1 Å². The van der Waals surface area contributed by atoms with Crippen molar-refractivity contribution in [2.24, 2.45) is 0 Å². The number of ether oxygens (including phenoxy) is 1. The number of ketones is 1. The lowest BCUT2D eigenvalue weighted by Gasteiger charge is -2.22. The average Bonchev–Trinajstić information content (AvgIpc) is 3.36. The van der Waals surface area contributed by atoms with Crippen molar-refractivity contribution in [3.05, 3.63) is 64.1 Å². The van der Waals surface area contributed by atoms with E-state index in [1.54, 1.807) is 31.2 Å². The number of nitrogens with zero attached hydrogens (tertiary/aromatic N) is 1. The number of rotatable bonds is 5. The molecule has 1 amide bonds. The van der Waals surface area contributed by atoms with E-state index in [0.29, 0.717) is 52.1 Å². The molecule has 0 saturated carbocycles. The fraction of sp³-hybridized carbons (Fsp3) is 0.286. The summed E-state index contributed by atoms with van der Waals surface area (Å²) >= 11 is 6.27. The van der Waals surface area contributed by atoms with Gasteiger partial charge in [0.15, 0.2) is 5.78 Å². The molecule has 0 atom stereocenters. The molecule has 2 N–H and O–H groups in total. The molecule has 0 spiro atoms. The molecular formula is C21H20ClN3O4. The predicted molar refractivity (Wildman–Crippen MR) is 107 cm³/mol. The first-order valence-electron chi connectivity index (χ1n) is 9.37. The van der Waals surface area contributed by atoms with E-state index >= 15 is 0 Å². The van der Waals surface area contributed by atoms with Crippen molar-refractivity contribution in [2.45, 2.75) is 25.8 Å². The van der Waals surface area contributed by atoms with Gasteiger partial charge in [0.05, 0.1) is 10.6 Å². The van der Waals surface area contributed by atoms with E-state index < -0.39 is 0 Å². The van der Waals surface area contributed by atoms with Crippen LogP contribution in [-0.2, 0) is 4.74 Å². The van der Waals surface area contributed by atoms with Gasteiger partial charge in [0.2, 0.25) is 0 Å². The first-order valence-corrected chi connectivity index (χ1v) is 9.75. The van der Waals surface area contributed by atoms with E-state index in [4.69, 9.17) is 20.9 Å². The Bertz CT molecular complexity index is 1050. The van der Waals surface area contributed by atoms with Gasteiger partial charge in [-0.1, -0.05) is 35.0 Å². The molecule has 7 nitrogen and oxygen atoms in total. The lowest BCUT2D eigenvalue weighted by Crippen LogP contribution is -2.39. The Balaban J connectivity index is 1.58. The molecule has 1 aliphatic rings. The number of benzene rings is 1. The Morgan fingerprint density at radius 2 is 2.00 bits per heavy atom. The largest absolute Gasteiger partial charge is 0.381 e. The summed E-state index contributed by atoms with van der Waals surface area (Å²) in [6, 6.07) is 8.74. The van der Waals surface area contributed by atoms with Gasteiger partial charge < -0.3 is 19.6 Å². The number of aromatic nitrogens is 2. The molecule has 1 aromatic carbocycles. The van der Waals surface area contributed by atoms with Crippen molar-refractivity contribution in [3.8, 4) is 11.3 Å². The molecule has 3 aromatic rings. The van der Waals surface area contributed by atoms with Crippen LogP contribution in [0.2, 0.25) is 5.02 Å². The number of aromatic amines is 1. The monoisotopic (exact) mass is 413 g/mol. The number of halogens is 1. The third kappa shape index (κ3) is 3.97. The van der Waals surface area contributed by atoms with Crippen LogP contribution in [0.1, 0.15) is 45.0 Å². The molecule has 1 fully saturated rings. The van der Waals surface area contributed by atoms with E-state index in [1.165, 1.54) is 6.20 Å². The molecule has 0 bridgehead atoms. The van der Waals surface area contributed by atoms with Gasteiger partial charge in [0, 0.05) is 36.6 Å². The normalized spacial score (nSPS) is 14.7. The van der Waals surface area contributed by atoms with Crippen LogP contribution in [0.3, 0.4) is 0 Å². The second kappa shape index (κ2) is 8.23. The quantitative estimate of drug-likeness (QED) is 0.620. The lowest BCUT2D eigenvalue weighted by atomic mass is 9.99. The molecule has 1 saturated heterocycles. The molecule has 1 aliphatic heterocycles. The number of carbonyl (C=O) groups excluding carboxylic acids is 2. The van der Waals surface area contributed by atoms with E-state index in [0.717, 1.165) is 12.8 Å². The minimum Gasteiger partial charge on any atom is -0.381 e. The highest BCUT2D eigenvalue weighted by Crippen LogP contribution is 2.32. The molecule has 0 aliphatic carbocycles. The van der Waals surface area contributed by atoms with Crippen molar-refractivity contribution in [3.63, 3.8) is 0 Å². The number of amides is 1. The molecule has 4 rings (SSSR count). The Labute approximate surface area is 172 Å². The number of carbonyl (C=O) groups is 2. The van der Waals surface area contributed by atoms with Crippen LogP contribution in [0.15, 0.2) is 41.1 Å². The van der Waals surface area contributed by atoms with E-state index in [9.17, 15) is 9.59 Å². The maximum absolute atomic E-state index is 13.1. The average molecular weight is 414 g/mol. The van der Waals surface area contributed by atoms with Crippen molar-refractivity contribution >= 4 is 23.3 Å². The Kier molecular flexibility index (Phi) is 5.51. The zero-order chi connectivity index (χ0) is 20.4. The molecular weight excluding hydrogens is 394 g/mol. The number of nitrogens with one attached hydrogen (secondary N) is 2. The standard InChI is InChI=1S/C21H20ClN3O4/c1-12-18(19(25-29-12)15-4-2-3-5-16(15)22)20(26)13-10-17(23-11-13)21(27)24-14-6-8-28-9-7-14/h2-5,10-11,14,23H,6-9H2,1H3,(H,24,27). The number of hydrogen-bond acceptors (Lipinski definition) is 5. The number of H-pyrrole nitrogens is 1. The summed E-state index contributed by atoms with van der Waals surface area (Å²) in [5, 5.41) is 7.47. The minimum atomic E-state index is -0.292. The summed E-state index contributed by atoms with van der Waals surface area (Å²) in [5.41, 5.74) is 2.00. The second-order valence-electron chi connectivity index (χ2n) is 6.93. The van der Waals surface area contributed by atoms with Gasteiger partial charge in [0.25, 0.3) is 5.91 Å². The summed E-state index contributed by atoms with van der Waals surface area (Å²) in [5.74, 6) is -0.149. The predicted octanol–water partition coefficient (Wildman–Crippen LogP) is 3.77. The fourth-order valence-corrected chi connectivity index (χ4v) is 3.61. The Hall–Kier alpha value is -2.90. The lowest BCUT2D eigenvalue weighted by molar-refractivity contribution is 0.0694. The summed E-state index contributed by atoms with van der Waals surface area (Å²) in [7, 11) is 0. The topological polar surface area (TPSA) is 97.2 Å². The van der Waals surface area contributed by atoms with Gasteiger partial charge >= 0.3 is 0 Å². The highest BCUT2D eigenvalue weighted by atomic mass is 35.5. The summed E-state index contributed by atoms with van der Waals surface area (Å²) in [4.78, 5) is 28.5. The van der Waals surface area contributed by atoms with E-state index in [-0.39, 0.29) is 17.7 Å². The zero-order valence-corrected chi connectivity index (χ0v) is 16.6. The molecule has 3 heterocycles. The van der Waals surface area contributed by atoms with Crippen molar-refractivity contribution in [2.75, 3.05) is 13.2 Å². The number of aryl methyl sites for hydroxylation is 1. The molecule has 0 unspecified atom stereocenters. The zero-order valence-electron chi connectivity index (χ0n) is 15.8. The van der Waals surface area contributed by atoms with Crippen molar-refractivity contribution < 1.29 is 18.8 Å². The van der Waals surface area contributed by atoms with Crippen LogP contribution in [0, 0.1) is 6.92 Å². The smallest absolute Gasteiger partial charge is 0.267 e. The van der Waals surface area contributed by atoms with Gasteiger partial charge in [-0.05, 0) is 31.9 Å². The maximum Gasteiger partial charge on any atom is 0.267 e. The van der Waals surface area contributed by atoms with E-state index in [2.05, 4.69) is 15.5 Å². The SMILES string of the molecule is Cc1onc(-c2ccccc2Cl)c1C(=O)c1c[nH]c(C(=O)NC2CCOCC2)c1. The minimum absolute atomic E-state index is 0.0749. The Morgan fingerprint density at radius 3 is 2.76 bits per heavy atom. The van der Waals surface area contributed by atoms with Crippen LogP contribution < -0.4 is 5.32 Å². The molecule has 2 aromatic heterocycles. The van der Waals surface area contributed by atoms with Crippen LogP contribution in [0.25, 0.3) is 11.3 Å². The summed E-state index contributed by atoms with van der Waals surface area (Å²) < 4.78 is 10.6. The van der Waals surface area contributed by atoms with Crippen LogP contribution in [-0.4, -0.2) is 41.1 Å². The molecule has 8 heteroatoms. The van der Waals surface area contributed by atoms with Crippen LogP contribution >= 0.6 is 11.6 Å². The van der Waals surface area contributed by atoms with Crippen LogP contribution in [0.5, 0.6) is 0 Å². The first kappa shape index (κ1) is 19.4. The van der Waals surface area contributed by atoms with Crippen molar-refractivity contribution in [1.29, 1.82) is 0 Å². The fourth-order valence-electron chi connectivity index (χ4n) is 3.38. The second-order valence-corrected chi connectivity index (χ2v) is 7.34. The van der Waals surface area contributed by atoms with Gasteiger partial charge in [-0.25, -0.2) is 0 Å². The first-order chi connectivity index (χ1) is 14.0. The maximum atomic E-state index is 13.1. The van der Waals surface area contributed by atoms with Gasteiger partial charge in [-0.3, -0.25) is 9.59 Å². The summed E-state index contributed by atoms with van der Waals surface area (Å²) in [6.45, 7) is 2.94. The van der Waals surface area contributed by atoms with Crippen molar-refractivity contribution in [1.82, 2.24) is 15.5 Å². The van der Waals surface area contributed by atoms with E-state index in [1.807, 2.05) is 6.07 Å². The molecule has 0 radical (unpaired) electrons. The number of hydrogen-bond donors (Lipinski definition) is 2. The Morgan fingerprint density at radius 1 is 1.24 bits per heavy atom. The molecule has 150 valence electrons. The highest BCUT2D eigenvalue weighted by molar-refractivity contribution is 6.33. The highest BCUT2D eigenvalue weighted by Gasteiger charge is 2.26. The van der Waals surface area contributed by atoms with Gasteiger partial charge in [-0.2, -0.15) is 0 Å². The van der Waals surface area contributed by atoms with Gasteiger partial charge in [-0.15, -0.1) is 0 Å². The third-order valence-electron chi connectivity index (χ3n) is 4.97.